The van der Waals surface area contributed by atoms with Crippen LogP contribution in [0, 0.1) is 0 Å². The number of carbonyl (C=O) groups is 1. The Bertz CT molecular complexity index is 1030. The van der Waals surface area contributed by atoms with Crippen LogP contribution < -0.4 is 9.47 Å². The van der Waals surface area contributed by atoms with E-state index in [4.69, 9.17) is 14.2 Å². The van der Waals surface area contributed by atoms with Crippen molar-refractivity contribution in [2.24, 2.45) is 0 Å². The molecule has 3 aromatic carbocycles. The molecule has 2 atom stereocenters. The molecule has 0 bridgehead atoms. The molecule has 0 aromatic heterocycles. The lowest BCUT2D eigenvalue weighted by atomic mass is 9.76. The lowest BCUT2D eigenvalue weighted by molar-refractivity contribution is -0.143. The van der Waals surface area contributed by atoms with Crippen molar-refractivity contribution in [1.29, 1.82) is 0 Å². The molecular weight excluding hydrogens is 404 g/mol. The first-order chi connectivity index (χ1) is 15.7. The highest BCUT2D eigenvalue weighted by Gasteiger charge is 2.33. The van der Waals surface area contributed by atoms with Crippen molar-refractivity contribution in [2.75, 3.05) is 19.8 Å². The smallest absolute Gasteiger partial charge is 0.305 e. The molecule has 0 saturated carbocycles. The average Bonchev–Trinajstić information content (AvgIpc) is 2.82. The van der Waals surface area contributed by atoms with Crippen molar-refractivity contribution in [3.8, 4) is 17.2 Å². The minimum absolute atomic E-state index is 0.0969. The zero-order valence-corrected chi connectivity index (χ0v) is 18.2. The number of benzene rings is 3. The molecule has 4 rings (SSSR count). The van der Waals surface area contributed by atoms with Crippen LogP contribution in [0.25, 0.3) is 0 Å². The van der Waals surface area contributed by atoms with Crippen LogP contribution in [0.1, 0.15) is 48.3 Å². The summed E-state index contributed by atoms with van der Waals surface area (Å²) in [7, 11) is 0. The van der Waals surface area contributed by atoms with Gasteiger partial charge in [0.15, 0.2) is 0 Å². The molecular formula is C27H28O5. The minimum atomic E-state index is -0.192. The lowest BCUT2D eigenvalue weighted by Gasteiger charge is -2.34. The van der Waals surface area contributed by atoms with Gasteiger partial charge in [0.25, 0.3) is 0 Å². The standard InChI is InChI=1S/C27H28O5/c1-2-30-26(29)9-6-16-31-22-13-10-20(11-14-22)27-23-15-12-21(28)17-25(23)32-18-24(27)19-7-4-3-5-8-19/h3-5,7-8,10-15,17,24,27-28H,2,6,9,16,18H2,1H3/t24-,27-/m0/s1. The average molecular weight is 433 g/mol. The number of phenolic OH excluding ortho intramolecular Hbond substituents is 1. The largest absolute Gasteiger partial charge is 0.508 e. The third-order valence-corrected chi connectivity index (χ3v) is 5.72. The van der Waals surface area contributed by atoms with Crippen LogP contribution in [0.5, 0.6) is 17.2 Å². The van der Waals surface area contributed by atoms with Crippen molar-refractivity contribution >= 4 is 5.97 Å². The highest BCUT2D eigenvalue weighted by molar-refractivity contribution is 5.69. The Kier molecular flexibility index (Phi) is 6.95. The van der Waals surface area contributed by atoms with E-state index in [0.29, 0.717) is 32.7 Å². The molecule has 1 heterocycles. The van der Waals surface area contributed by atoms with Crippen molar-refractivity contribution in [1.82, 2.24) is 0 Å². The maximum absolute atomic E-state index is 11.4. The van der Waals surface area contributed by atoms with Crippen molar-refractivity contribution in [3.63, 3.8) is 0 Å². The van der Waals surface area contributed by atoms with E-state index < -0.39 is 0 Å². The van der Waals surface area contributed by atoms with Gasteiger partial charge in [-0.2, -0.15) is 0 Å². The molecule has 1 N–H and O–H groups in total. The minimum Gasteiger partial charge on any atom is -0.508 e. The molecule has 5 nitrogen and oxygen atoms in total. The van der Waals surface area contributed by atoms with E-state index in [1.54, 1.807) is 19.1 Å². The molecule has 0 unspecified atom stereocenters. The van der Waals surface area contributed by atoms with E-state index in [2.05, 4.69) is 24.3 Å². The van der Waals surface area contributed by atoms with Crippen LogP contribution in [0.15, 0.2) is 72.8 Å². The highest BCUT2D eigenvalue weighted by atomic mass is 16.5. The lowest BCUT2D eigenvalue weighted by Crippen LogP contribution is -2.25. The van der Waals surface area contributed by atoms with Crippen LogP contribution in [0.2, 0.25) is 0 Å². The summed E-state index contributed by atoms with van der Waals surface area (Å²) in [6, 6.07) is 23.8. The maximum Gasteiger partial charge on any atom is 0.305 e. The zero-order chi connectivity index (χ0) is 22.3. The van der Waals surface area contributed by atoms with Crippen LogP contribution >= 0.6 is 0 Å². The number of phenols is 1. The third-order valence-electron chi connectivity index (χ3n) is 5.72. The normalized spacial score (nSPS) is 17.2. The quantitative estimate of drug-likeness (QED) is 0.380. The fraction of sp³-hybridized carbons (Fsp3) is 0.296. The van der Waals surface area contributed by atoms with Gasteiger partial charge in [0.2, 0.25) is 0 Å². The van der Waals surface area contributed by atoms with E-state index in [0.717, 1.165) is 22.6 Å². The summed E-state index contributed by atoms with van der Waals surface area (Å²) in [5.41, 5.74) is 3.44. The van der Waals surface area contributed by atoms with E-state index in [-0.39, 0.29) is 23.6 Å². The molecule has 166 valence electrons. The summed E-state index contributed by atoms with van der Waals surface area (Å²) in [6.07, 6.45) is 0.976. The summed E-state index contributed by atoms with van der Waals surface area (Å²) < 4.78 is 16.8. The van der Waals surface area contributed by atoms with Gasteiger partial charge in [-0.05, 0) is 42.7 Å². The SMILES string of the molecule is CCOC(=O)CCCOc1ccc([C@H]2c3ccc(O)cc3OC[C@H]2c2ccccc2)cc1. The second-order valence-corrected chi connectivity index (χ2v) is 7.85. The highest BCUT2D eigenvalue weighted by Crippen LogP contribution is 2.47. The number of esters is 1. The monoisotopic (exact) mass is 432 g/mol. The number of hydrogen-bond acceptors (Lipinski definition) is 5. The number of aromatic hydroxyl groups is 1. The van der Waals surface area contributed by atoms with E-state index in [1.165, 1.54) is 5.56 Å². The van der Waals surface area contributed by atoms with Crippen molar-refractivity contribution in [2.45, 2.75) is 31.6 Å². The Labute approximate surface area is 188 Å². The Morgan fingerprint density at radius 1 is 1.03 bits per heavy atom. The molecule has 1 aliphatic rings. The summed E-state index contributed by atoms with van der Waals surface area (Å²) in [4.78, 5) is 11.4. The van der Waals surface area contributed by atoms with Crippen LogP contribution in [0.3, 0.4) is 0 Å². The number of rotatable bonds is 8. The fourth-order valence-corrected chi connectivity index (χ4v) is 4.21. The summed E-state index contributed by atoms with van der Waals surface area (Å²) in [6.45, 7) is 3.21. The molecule has 5 heteroatoms. The van der Waals surface area contributed by atoms with Crippen molar-refractivity contribution in [3.05, 3.63) is 89.5 Å². The van der Waals surface area contributed by atoms with Crippen LogP contribution in [-0.4, -0.2) is 30.9 Å². The maximum atomic E-state index is 11.4. The van der Waals surface area contributed by atoms with Crippen LogP contribution in [-0.2, 0) is 9.53 Å². The Morgan fingerprint density at radius 2 is 1.81 bits per heavy atom. The third kappa shape index (κ3) is 5.05. The number of ether oxygens (including phenoxy) is 3. The van der Waals surface area contributed by atoms with E-state index >= 15 is 0 Å². The van der Waals surface area contributed by atoms with Gasteiger partial charge in [0, 0.05) is 29.9 Å². The van der Waals surface area contributed by atoms with Gasteiger partial charge < -0.3 is 19.3 Å². The predicted molar refractivity (Wildman–Crippen MR) is 122 cm³/mol. The predicted octanol–water partition coefficient (Wildman–Crippen LogP) is 5.42. The van der Waals surface area contributed by atoms with Gasteiger partial charge in [0.05, 0.1) is 19.8 Å². The van der Waals surface area contributed by atoms with Crippen molar-refractivity contribution < 1.29 is 24.1 Å². The summed E-state index contributed by atoms with van der Waals surface area (Å²) in [5.74, 6) is 1.76. The molecule has 0 fully saturated rings. The molecule has 1 aliphatic heterocycles. The molecule has 32 heavy (non-hydrogen) atoms. The first-order valence-corrected chi connectivity index (χ1v) is 11.0. The molecule has 0 aliphatic carbocycles. The second-order valence-electron chi connectivity index (χ2n) is 7.85. The van der Waals surface area contributed by atoms with Gasteiger partial charge in [0.1, 0.15) is 17.2 Å². The van der Waals surface area contributed by atoms with Gasteiger partial charge in [-0.25, -0.2) is 0 Å². The number of fused-ring (bicyclic) bond motifs is 1. The Morgan fingerprint density at radius 3 is 2.56 bits per heavy atom. The molecule has 0 amide bonds. The summed E-state index contributed by atoms with van der Waals surface area (Å²) in [5, 5.41) is 9.91. The van der Waals surface area contributed by atoms with Crippen LogP contribution in [0.4, 0.5) is 0 Å². The van der Waals surface area contributed by atoms with Gasteiger partial charge >= 0.3 is 5.97 Å². The van der Waals surface area contributed by atoms with Gasteiger partial charge in [-0.15, -0.1) is 0 Å². The number of hydrogen-bond donors (Lipinski definition) is 1. The number of carbonyl (C=O) groups excluding carboxylic acids is 1. The second kappa shape index (κ2) is 10.2. The Hall–Kier alpha value is -3.47. The molecule has 0 saturated heterocycles. The van der Waals surface area contributed by atoms with Gasteiger partial charge in [-0.3, -0.25) is 4.79 Å². The fourth-order valence-electron chi connectivity index (χ4n) is 4.21. The molecule has 0 spiro atoms. The zero-order valence-electron chi connectivity index (χ0n) is 18.2. The molecule has 3 aromatic rings. The topological polar surface area (TPSA) is 65.0 Å². The van der Waals surface area contributed by atoms with Gasteiger partial charge in [-0.1, -0.05) is 48.5 Å². The van der Waals surface area contributed by atoms with E-state index in [9.17, 15) is 9.90 Å². The van der Waals surface area contributed by atoms with E-state index in [1.807, 2.05) is 36.4 Å². The first kappa shape index (κ1) is 21.8. The Balaban J connectivity index is 1.52. The molecule has 0 radical (unpaired) electrons. The first-order valence-electron chi connectivity index (χ1n) is 11.0. The summed E-state index contributed by atoms with van der Waals surface area (Å²) >= 11 is 0.